The minimum atomic E-state index is -3.23. The molecule has 0 heterocycles. The van der Waals surface area contributed by atoms with Gasteiger partial charge in [-0.3, -0.25) is 4.99 Å². The summed E-state index contributed by atoms with van der Waals surface area (Å²) in [5.41, 5.74) is 0.250. The van der Waals surface area contributed by atoms with Crippen molar-refractivity contribution in [3.8, 4) is 0 Å². The maximum Gasteiger partial charge on any atom is 0.215 e. The van der Waals surface area contributed by atoms with E-state index in [0.29, 0.717) is 31.2 Å². The number of aliphatic imine (C=N–C) groups is 1. The molecule has 1 spiro atoms. The average molecular weight is 516 g/mol. The average Bonchev–Trinajstić information content (AvgIpc) is 2.52. The first-order chi connectivity index (χ1) is 12.4. The summed E-state index contributed by atoms with van der Waals surface area (Å²) in [7, 11) is -3.23. The van der Waals surface area contributed by atoms with Crippen LogP contribution in [0.4, 0.5) is 0 Å². The Morgan fingerprint density at radius 3 is 2.37 bits per heavy atom. The second-order valence-electron chi connectivity index (χ2n) is 7.12. The Hall–Kier alpha value is -0.130. The number of rotatable bonds is 10. The van der Waals surface area contributed by atoms with E-state index in [0.717, 1.165) is 19.6 Å². The molecule has 2 aliphatic rings. The molecule has 27 heavy (non-hydrogen) atoms. The second kappa shape index (κ2) is 11.2. The maximum atomic E-state index is 12.3. The lowest BCUT2D eigenvalue weighted by Crippen LogP contribution is -2.68. The van der Waals surface area contributed by atoms with Crippen molar-refractivity contribution in [1.29, 1.82) is 0 Å². The molecule has 7 nitrogen and oxygen atoms in total. The summed E-state index contributed by atoms with van der Waals surface area (Å²) >= 11 is 0. The largest absolute Gasteiger partial charge is 0.378 e. The monoisotopic (exact) mass is 516 g/mol. The first kappa shape index (κ1) is 24.9. The van der Waals surface area contributed by atoms with Crippen molar-refractivity contribution in [3.05, 3.63) is 0 Å². The van der Waals surface area contributed by atoms with E-state index in [-0.39, 0.29) is 41.7 Å². The van der Waals surface area contributed by atoms with Gasteiger partial charge in [0, 0.05) is 37.7 Å². The molecular weight excluding hydrogens is 479 g/mol. The molecule has 0 aliphatic heterocycles. The number of hydrogen-bond acceptors (Lipinski definition) is 4. The standard InChI is InChI=1S/C18H36N4O3S.HI/c1-5-19-17(20-12-13-26(23,24)22(6-2)7-3)21-15-14-16(25-8-4)18(15)10-9-11-18;/h15-16H,5-14H2,1-4H3,(H2,19,20,21);1H. The fourth-order valence-electron chi connectivity index (χ4n) is 4.14. The van der Waals surface area contributed by atoms with Gasteiger partial charge in [0.2, 0.25) is 10.0 Å². The lowest BCUT2D eigenvalue weighted by Gasteiger charge is -2.61. The first-order valence-electron chi connectivity index (χ1n) is 10.1. The van der Waals surface area contributed by atoms with E-state index in [1.54, 1.807) is 0 Å². The third-order valence-corrected chi connectivity index (χ3v) is 7.81. The highest BCUT2D eigenvalue weighted by Crippen LogP contribution is 2.57. The lowest BCUT2D eigenvalue weighted by atomic mass is 9.51. The molecule has 0 bridgehead atoms. The number of nitrogens with one attached hydrogen (secondary N) is 2. The highest BCUT2D eigenvalue weighted by Gasteiger charge is 2.59. The Morgan fingerprint density at radius 2 is 1.89 bits per heavy atom. The van der Waals surface area contributed by atoms with Crippen molar-refractivity contribution in [2.45, 2.75) is 65.5 Å². The van der Waals surface area contributed by atoms with E-state index < -0.39 is 10.0 Å². The molecule has 2 saturated carbocycles. The van der Waals surface area contributed by atoms with E-state index in [2.05, 4.69) is 22.5 Å². The summed E-state index contributed by atoms with van der Waals surface area (Å²) in [6.07, 6.45) is 5.01. The van der Waals surface area contributed by atoms with Gasteiger partial charge in [-0.2, -0.15) is 0 Å². The Morgan fingerprint density at radius 1 is 1.22 bits per heavy atom. The third-order valence-electron chi connectivity index (χ3n) is 5.81. The fraction of sp³-hybridized carbons (Fsp3) is 0.944. The molecule has 0 aromatic carbocycles. The molecule has 160 valence electrons. The Balaban J connectivity index is 0.00000364. The van der Waals surface area contributed by atoms with Gasteiger partial charge in [0.1, 0.15) is 0 Å². The van der Waals surface area contributed by atoms with E-state index in [1.165, 1.54) is 23.6 Å². The summed E-state index contributed by atoms with van der Waals surface area (Å²) < 4.78 is 32.0. The zero-order chi connectivity index (χ0) is 19.2. The van der Waals surface area contributed by atoms with Crippen LogP contribution < -0.4 is 10.6 Å². The van der Waals surface area contributed by atoms with Crippen molar-refractivity contribution >= 4 is 40.0 Å². The van der Waals surface area contributed by atoms with Gasteiger partial charge in [0.05, 0.1) is 18.4 Å². The number of hydrogen-bond donors (Lipinski definition) is 2. The van der Waals surface area contributed by atoms with Gasteiger partial charge in [-0.15, -0.1) is 24.0 Å². The second-order valence-corrected chi connectivity index (χ2v) is 9.21. The van der Waals surface area contributed by atoms with Crippen molar-refractivity contribution in [1.82, 2.24) is 14.9 Å². The molecule has 2 rings (SSSR count). The topological polar surface area (TPSA) is 83.0 Å². The molecule has 0 saturated heterocycles. The van der Waals surface area contributed by atoms with Crippen LogP contribution in [0, 0.1) is 5.41 Å². The van der Waals surface area contributed by atoms with E-state index in [1.807, 2.05) is 20.8 Å². The molecule has 0 amide bonds. The van der Waals surface area contributed by atoms with Crippen LogP contribution in [0.15, 0.2) is 4.99 Å². The van der Waals surface area contributed by atoms with E-state index in [4.69, 9.17) is 4.74 Å². The van der Waals surface area contributed by atoms with Gasteiger partial charge in [-0.25, -0.2) is 12.7 Å². The zero-order valence-corrected chi connectivity index (χ0v) is 20.3. The van der Waals surface area contributed by atoms with Crippen LogP contribution in [-0.4, -0.2) is 69.4 Å². The normalized spacial score (nSPS) is 24.1. The van der Waals surface area contributed by atoms with E-state index >= 15 is 0 Å². The lowest BCUT2D eigenvalue weighted by molar-refractivity contribution is -0.168. The molecule has 2 fully saturated rings. The van der Waals surface area contributed by atoms with Gasteiger partial charge in [0.25, 0.3) is 0 Å². The first-order valence-corrected chi connectivity index (χ1v) is 11.7. The van der Waals surface area contributed by atoms with Crippen LogP contribution in [0.1, 0.15) is 53.4 Å². The molecule has 2 unspecified atom stereocenters. The van der Waals surface area contributed by atoms with Crippen molar-refractivity contribution in [3.63, 3.8) is 0 Å². The maximum absolute atomic E-state index is 12.3. The van der Waals surface area contributed by atoms with Crippen molar-refractivity contribution in [2.24, 2.45) is 10.4 Å². The van der Waals surface area contributed by atoms with Crippen LogP contribution in [0.25, 0.3) is 0 Å². The minimum Gasteiger partial charge on any atom is -0.378 e. The minimum absolute atomic E-state index is 0. The quantitative estimate of drug-likeness (QED) is 0.264. The van der Waals surface area contributed by atoms with Gasteiger partial charge in [-0.1, -0.05) is 20.3 Å². The third kappa shape index (κ3) is 5.70. The van der Waals surface area contributed by atoms with Gasteiger partial charge in [-0.05, 0) is 33.1 Å². The number of guanidine groups is 1. The highest BCUT2D eigenvalue weighted by molar-refractivity contribution is 14.0. The summed E-state index contributed by atoms with van der Waals surface area (Å²) in [5, 5.41) is 6.78. The number of sulfonamides is 1. The molecule has 0 radical (unpaired) electrons. The van der Waals surface area contributed by atoms with Gasteiger partial charge in [0.15, 0.2) is 5.96 Å². The van der Waals surface area contributed by atoms with Crippen LogP contribution >= 0.6 is 24.0 Å². The molecule has 2 N–H and O–H groups in total. The van der Waals surface area contributed by atoms with Crippen molar-refractivity contribution < 1.29 is 13.2 Å². The molecular formula is C18H37IN4O3S. The predicted molar refractivity (Wildman–Crippen MR) is 121 cm³/mol. The fourth-order valence-corrected chi connectivity index (χ4v) is 5.51. The summed E-state index contributed by atoms with van der Waals surface area (Å²) in [5.74, 6) is 0.760. The van der Waals surface area contributed by atoms with Gasteiger partial charge < -0.3 is 15.4 Å². The number of halogens is 1. The predicted octanol–water partition coefficient (Wildman–Crippen LogP) is 2.18. The van der Waals surface area contributed by atoms with Crippen LogP contribution in [0.2, 0.25) is 0 Å². The van der Waals surface area contributed by atoms with Crippen LogP contribution in [-0.2, 0) is 14.8 Å². The van der Waals surface area contributed by atoms with Crippen LogP contribution in [0.3, 0.4) is 0 Å². The molecule has 9 heteroatoms. The molecule has 2 atom stereocenters. The number of nitrogens with zero attached hydrogens (tertiary/aromatic N) is 2. The Labute approximate surface area is 182 Å². The smallest absolute Gasteiger partial charge is 0.215 e. The number of ether oxygens (including phenoxy) is 1. The Bertz CT molecular complexity index is 577. The molecule has 0 aromatic heterocycles. The van der Waals surface area contributed by atoms with Crippen molar-refractivity contribution in [2.75, 3.05) is 38.5 Å². The van der Waals surface area contributed by atoms with Gasteiger partial charge >= 0.3 is 0 Å². The summed E-state index contributed by atoms with van der Waals surface area (Å²) in [4.78, 5) is 4.51. The molecule has 2 aliphatic carbocycles. The SMILES string of the molecule is CCNC(=NCCS(=O)(=O)N(CC)CC)NC1CC(OCC)C12CCC2.I. The highest BCUT2D eigenvalue weighted by atomic mass is 127. The summed E-state index contributed by atoms with van der Waals surface area (Å²) in [6, 6.07) is 0.366. The zero-order valence-electron chi connectivity index (χ0n) is 17.2. The van der Waals surface area contributed by atoms with Crippen LogP contribution in [0.5, 0.6) is 0 Å². The van der Waals surface area contributed by atoms with E-state index in [9.17, 15) is 8.42 Å². The Kier molecular flexibility index (Phi) is 10.3. The molecule has 0 aromatic rings. The summed E-state index contributed by atoms with van der Waals surface area (Å²) in [6.45, 7) is 10.6.